The normalized spacial score (nSPS) is 11.6. The molecule has 0 radical (unpaired) electrons. The number of ether oxygens (including phenoxy) is 1. The van der Waals surface area contributed by atoms with E-state index in [4.69, 9.17) is 4.74 Å². The van der Waals surface area contributed by atoms with Crippen molar-refractivity contribution in [3.05, 3.63) is 130 Å². The molecule has 7 nitrogen and oxygen atoms in total. The third-order valence-corrected chi connectivity index (χ3v) is 8.72. The van der Waals surface area contributed by atoms with Crippen LogP contribution in [-0.2, 0) is 27.8 Å². The number of hydrazone groups is 1. The topological polar surface area (TPSA) is 88.1 Å². The number of nitrogens with zero attached hydrogens (tertiary/aromatic N) is 2. The number of sulfonamides is 1. The number of hydrogen-bond donors (Lipinski definition) is 1. The van der Waals surface area contributed by atoms with Gasteiger partial charge in [0.1, 0.15) is 12.4 Å². The van der Waals surface area contributed by atoms with E-state index >= 15 is 0 Å². The van der Waals surface area contributed by atoms with Crippen molar-refractivity contribution in [2.24, 2.45) is 5.10 Å². The van der Waals surface area contributed by atoms with Crippen molar-refractivity contribution in [3.8, 4) is 5.75 Å². The molecule has 0 aliphatic heterocycles. The van der Waals surface area contributed by atoms with E-state index in [0.717, 1.165) is 16.7 Å². The van der Waals surface area contributed by atoms with Gasteiger partial charge in [0.05, 0.1) is 17.7 Å². The maximum atomic E-state index is 13.9. The minimum atomic E-state index is -3.96. The Kier molecular flexibility index (Phi) is 10.1. The molecule has 8 heteroatoms. The molecule has 0 saturated heterocycles. The lowest BCUT2D eigenvalue weighted by atomic mass is 10.1. The number of hydrogen-bond acceptors (Lipinski definition) is 5. The van der Waals surface area contributed by atoms with Crippen LogP contribution in [0.3, 0.4) is 0 Å². The summed E-state index contributed by atoms with van der Waals surface area (Å²) in [5.74, 6) is 0.0785. The highest BCUT2D eigenvalue weighted by Crippen LogP contribution is 2.25. The van der Waals surface area contributed by atoms with E-state index in [0.29, 0.717) is 35.5 Å². The van der Waals surface area contributed by atoms with Gasteiger partial charge in [-0.1, -0.05) is 90.5 Å². The molecule has 0 aliphatic rings. The zero-order valence-corrected chi connectivity index (χ0v) is 24.4. The number of rotatable bonds is 12. The van der Waals surface area contributed by atoms with Gasteiger partial charge in [0, 0.05) is 12.1 Å². The molecule has 4 aromatic rings. The molecule has 0 fully saturated rings. The van der Waals surface area contributed by atoms with Crippen LogP contribution >= 0.6 is 0 Å². The standard InChI is InChI=1S/C33H35N3O4S/c1-25-20-26(2)33(27(3)21-25)41(38,39)36(19-18-28-12-6-4-7-13-28)23-32(37)35-34-22-30-16-10-11-17-31(30)40-24-29-14-8-5-9-15-29/h4-17,20-22H,18-19,23-24H2,1-3H3,(H,35,37)/b34-22+. The molecule has 1 amide bonds. The molecule has 41 heavy (non-hydrogen) atoms. The van der Waals surface area contributed by atoms with E-state index in [1.54, 1.807) is 13.8 Å². The molecule has 0 heterocycles. The average molecular weight is 570 g/mol. The molecular weight excluding hydrogens is 534 g/mol. The van der Waals surface area contributed by atoms with Crippen LogP contribution in [0.1, 0.15) is 33.4 Å². The summed E-state index contributed by atoms with van der Waals surface area (Å²) in [6.45, 7) is 5.66. The fourth-order valence-corrected chi connectivity index (χ4v) is 6.52. The number of para-hydroxylation sites is 1. The lowest BCUT2D eigenvalue weighted by Crippen LogP contribution is -2.41. The number of aryl methyl sites for hydroxylation is 3. The van der Waals surface area contributed by atoms with Crippen LogP contribution in [-0.4, -0.2) is 37.9 Å². The van der Waals surface area contributed by atoms with Crippen molar-refractivity contribution in [3.63, 3.8) is 0 Å². The Morgan fingerprint density at radius 1 is 0.854 bits per heavy atom. The number of benzene rings is 4. The Morgan fingerprint density at radius 2 is 1.44 bits per heavy atom. The summed E-state index contributed by atoms with van der Waals surface area (Å²) in [7, 11) is -3.96. The van der Waals surface area contributed by atoms with E-state index in [1.165, 1.54) is 10.5 Å². The van der Waals surface area contributed by atoms with Crippen LogP contribution in [0, 0.1) is 20.8 Å². The molecule has 0 unspecified atom stereocenters. The summed E-state index contributed by atoms with van der Waals surface area (Å²) in [5, 5.41) is 4.10. The molecule has 4 aromatic carbocycles. The molecule has 0 saturated carbocycles. The first-order chi connectivity index (χ1) is 19.7. The maximum Gasteiger partial charge on any atom is 0.255 e. The fourth-order valence-electron chi connectivity index (χ4n) is 4.71. The third-order valence-electron chi connectivity index (χ3n) is 6.56. The summed E-state index contributed by atoms with van der Waals surface area (Å²) in [6, 6.07) is 30.5. The maximum absolute atomic E-state index is 13.9. The second-order valence-corrected chi connectivity index (χ2v) is 11.8. The molecule has 4 rings (SSSR count). The molecule has 0 aliphatic carbocycles. The predicted octanol–water partition coefficient (Wildman–Crippen LogP) is 5.57. The fraction of sp³-hybridized carbons (Fsp3) is 0.212. The minimum Gasteiger partial charge on any atom is -0.488 e. The quantitative estimate of drug-likeness (QED) is 0.178. The number of carbonyl (C=O) groups excluding carboxylic acids is 1. The van der Waals surface area contributed by atoms with Gasteiger partial charge in [-0.05, 0) is 61.6 Å². The molecule has 0 aromatic heterocycles. The van der Waals surface area contributed by atoms with Crippen LogP contribution in [0.4, 0.5) is 0 Å². The molecular formula is C33H35N3O4S. The van der Waals surface area contributed by atoms with Crippen molar-refractivity contribution in [2.75, 3.05) is 13.1 Å². The Morgan fingerprint density at radius 3 is 2.10 bits per heavy atom. The molecule has 1 N–H and O–H groups in total. The van der Waals surface area contributed by atoms with Gasteiger partial charge >= 0.3 is 0 Å². The summed E-state index contributed by atoms with van der Waals surface area (Å²) in [4.78, 5) is 13.2. The average Bonchev–Trinajstić information content (AvgIpc) is 2.95. The highest BCUT2D eigenvalue weighted by Gasteiger charge is 2.29. The molecule has 212 valence electrons. The van der Waals surface area contributed by atoms with Gasteiger partial charge in [-0.3, -0.25) is 4.79 Å². The summed E-state index contributed by atoms with van der Waals surface area (Å²) >= 11 is 0. The largest absolute Gasteiger partial charge is 0.488 e. The van der Waals surface area contributed by atoms with Crippen molar-refractivity contribution in [2.45, 2.75) is 38.7 Å². The van der Waals surface area contributed by atoms with Gasteiger partial charge in [0.2, 0.25) is 10.0 Å². The second kappa shape index (κ2) is 13.9. The number of carbonyl (C=O) groups is 1. The molecule has 0 bridgehead atoms. The van der Waals surface area contributed by atoms with E-state index < -0.39 is 15.9 Å². The van der Waals surface area contributed by atoms with E-state index in [2.05, 4.69) is 10.5 Å². The van der Waals surface area contributed by atoms with E-state index in [-0.39, 0.29) is 18.0 Å². The first-order valence-corrected chi connectivity index (χ1v) is 14.9. The Bertz CT molecular complexity index is 1580. The Hall–Kier alpha value is -4.27. The zero-order valence-electron chi connectivity index (χ0n) is 23.6. The lowest BCUT2D eigenvalue weighted by molar-refractivity contribution is -0.121. The summed E-state index contributed by atoms with van der Waals surface area (Å²) < 4.78 is 34.9. The Balaban J connectivity index is 1.48. The van der Waals surface area contributed by atoms with E-state index in [1.807, 2.05) is 104 Å². The lowest BCUT2D eigenvalue weighted by Gasteiger charge is -2.24. The number of nitrogens with one attached hydrogen (secondary N) is 1. The molecule has 0 atom stereocenters. The van der Waals surface area contributed by atoms with Gasteiger partial charge in [-0.15, -0.1) is 0 Å². The van der Waals surface area contributed by atoms with Gasteiger partial charge in [0.15, 0.2) is 0 Å². The van der Waals surface area contributed by atoms with Crippen LogP contribution in [0.2, 0.25) is 0 Å². The Labute approximate surface area is 242 Å². The summed E-state index contributed by atoms with van der Waals surface area (Å²) in [5.41, 5.74) is 7.47. The van der Waals surface area contributed by atoms with Crippen molar-refractivity contribution in [1.82, 2.24) is 9.73 Å². The first-order valence-electron chi connectivity index (χ1n) is 13.4. The second-order valence-electron chi connectivity index (χ2n) is 9.91. The van der Waals surface area contributed by atoms with Crippen LogP contribution in [0.15, 0.2) is 107 Å². The van der Waals surface area contributed by atoms with Crippen LogP contribution in [0.25, 0.3) is 0 Å². The van der Waals surface area contributed by atoms with Gasteiger partial charge in [-0.25, -0.2) is 13.8 Å². The number of amides is 1. The van der Waals surface area contributed by atoms with E-state index in [9.17, 15) is 13.2 Å². The highest BCUT2D eigenvalue weighted by atomic mass is 32.2. The third kappa shape index (κ3) is 8.13. The predicted molar refractivity (Wildman–Crippen MR) is 163 cm³/mol. The summed E-state index contributed by atoms with van der Waals surface area (Å²) in [6.07, 6.45) is 1.96. The smallest absolute Gasteiger partial charge is 0.255 e. The first kappa shape index (κ1) is 29.7. The van der Waals surface area contributed by atoms with Crippen molar-refractivity contribution >= 4 is 22.1 Å². The minimum absolute atomic E-state index is 0.145. The monoisotopic (exact) mass is 569 g/mol. The van der Waals surface area contributed by atoms with Crippen molar-refractivity contribution < 1.29 is 17.9 Å². The van der Waals surface area contributed by atoms with Gasteiger partial charge in [-0.2, -0.15) is 9.41 Å². The highest BCUT2D eigenvalue weighted by molar-refractivity contribution is 7.89. The van der Waals surface area contributed by atoms with Crippen molar-refractivity contribution in [1.29, 1.82) is 0 Å². The zero-order chi connectivity index (χ0) is 29.2. The molecule has 0 spiro atoms. The van der Waals surface area contributed by atoms with Gasteiger partial charge < -0.3 is 4.74 Å². The van der Waals surface area contributed by atoms with Gasteiger partial charge in [0.25, 0.3) is 5.91 Å². The van der Waals surface area contributed by atoms with Crippen LogP contribution in [0.5, 0.6) is 5.75 Å². The SMILES string of the molecule is Cc1cc(C)c(S(=O)(=O)N(CCc2ccccc2)CC(=O)N/N=C/c2ccccc2OCc2ccccc2)c(C)c1. The van der Waals surface area contributed by atoms with Crippen LogP contribution < -0.4 is 10.2 Å².